The number of carboxylic acid groups (broad SMARTS) is 1. The van der Waals surface area contributed by atoms with Crippen molar-refractivity contribution in [2.45, 2.75) is 51.0 Å². The smallest absolute Gasteiger partial charge is 0.326 e. The molecule has 1 aliphatic heterocycles. The molecule has 0 spiro atoms. The van der Waals surface area contributed by atoms with Crippen molar-refractivity contribution in [1.82, 2.24) is 19.9 Å². The van der Waals surface area contributed by atoms with Gasteiger partial charge in [0.25, 0.3) is 0 Å². The summed E-state index contributed by atoms with van der Waals surface area (Å²) in [5.41, 5.74) is 4.03. The lowest BCUT2D eigenvalue weighted by molar-refractivity contribution is -0.138. The second-order valence-electron chi connectivity index (χ2n) is 9.66. The zero-order valence-electron chi connectivity index (χ0n) is 21.8. The molecule has 1 aromatic carbocycles. The van der Waals surface area contributed by atoms with E-state index in [1.807, 2.05) is 30.3 Å². The molecule has 0 bridgehead atoms. The summed E-state index contributed by atoms with van der Waals surface area (Å²) in [5.74, 6) is 0.561. The molecule has 38 heavy (non-hydrogen) atoms. The average Bonchev–Trinajstić information content (AvgIpc) is 2.96. The Kier molecular flexibility index (Phi) is 10.4. The Labute approximate surface area is 223 Å². The van der Waals surface area contributed by atoms with E-state index in [4.69, 9.17) is 4.98 Å². The summed E-state index contributed by atoms with van der Waals surface area (Å²) < 4.78 is 13.0. The van der Waals surface area contributed by atoms with Gasteiger partial charge in [0.15, 0.2) is 0 Å². The second-order valence-corrected chi connectivity index (χ2v) is 9.66. The molecule has 3 aromatic rings. The van der Waals surface area contributed by atoms with Gasteiger partial charge < -0.3 is 20.6 Å². The Morgan fingerprint density at radius 2 is 1.95 bits per heavy atom. The minimum atomic E-state index is -0.944. The summed E-state index contributed by atoms with van der Waals surface area (Å²) in [5, 5.41) is 16.4. The minimum Gasteiger partial charge on any atom is -0.480 e. The van der Waals surface area contributed by atoms with Crippen LogP contribution in [0.2, 0.25) is 0 Å². The molecule has 4 rings (SSSR count). The van der Waals surface area contributed by atoms with Crippen LogP contribution in [0, 0.1) is 0 Å². The lowest BCUT2D eigenvalue weighted by Crippen LogP contribution is -2.36. The number of anilines is 2. The van der Waals surface area contributed by atoms with Gasteiger partial charge in [-0.15, -0.1) is 0 Å². The number of carbonyl (C=O) groups is 1. The van der Waals surface area contributed by atoms with Gasteiger partial charge in [0.05, 0.1) is 6.67 Å². The normalized spacial score (nSPS) is 13.5. The molecular weight excluding hydrogens is 483 g/mol. The minimum absolute atomic E-state index is 0.373. The average molecular weight is 521 g/mol. The molecule has 3 N–H and O–H groups in total. The molecule has 0 aliphatic carbocycles. The second kappa shape index (κ2) is 14.4. The Morgan fingerprint density at radius 1 is 1.11 bits per heavy atom. The number of pyridine rings is 1. The van der Waals surface area contributed by atoms with Crippen LogP contribution in [0.5, 0.6) is 0 Å². The fourth-order valence-electron chi connectivity index (χ4n) is 4.78. The van der Waals surface area contributed by atoms with E-state index < -0.39 is 12.0 Å². The third kappa shape index (κ3) is 7.95. The molecule has 202 valence electrons. The molecule has 1 atom stereocenters. The van der Waals surface area contributed by atoms with Gasteiger partial charge in [-0.25, -0.2) is 19.7 Å². The van der Waals surface area contributed by atoms with Crippen LogP contribution in [0.1, 0.15) is 43.4 Å². The van der Waals surface area contributed by atoms with E-state index in [0.717, 1.165) is 67.8 Å². The van der Waals surface area contributed by atoms with Crippen molar-refractivity contribution in [3.8, 4) is 11.1 Å². The summed E-state index contributed by atoms with van der Waals surface area (Å²) in [7, 11) is 0. The number of unbranched alkanes of at least 4 members (excludes halogenated alkanes) is 1. The van der Waals surface area contributed by atoms with E-state index in [-0.39, 0.29) is 6.67 Å². The number of carboxylic acids is 1. The van der Waals surface area contributed by atoms with E-state index >= 15 is 0 Å². The molecule has 9 heteroatoms. The number of halogens is 1. The number of fused-ring (bicyclic) bond motifs is 1. The Morgan fingerprint density at radius 3 is 2.76 bits per heavy atom. The molecule has 0 unspecified atom stereocenters. The van der Waals surface area contributed by atoms with Crippen LogP contribution in [0.4, 0.5) is 16.0 Å². The Bertz CT molecular complexity index is 1160. The van der Waals surface area contributed by atoms with E-state index in [9.17, 15) is 14.3 Å². The van der Waals surface area contributed by atoms with Crippen LogP contribution in [0.25, 0.3) is 11.1 Å². The first kappa shape index (κ1) is 27.4. The van der Waals surface area contributed by atoms with Crippen molar-refractivity contribution in [1.29, 1.82) is 0 Å². The van der Waals surface area contributed by atoms with Gasteiger partial charge in [-0.3, -0.25) is 4.39 Å². The summed E-state index contributed by atoms with van der Waals surface area (Å²) in [4.78, 5) is 27.5. The highest BCUT2D eigenvalue weighted by Crippen LogP contribution is 2.26. The number of alkyl halides is 1. The number of nitrogens with zero attached hydrogens (tertiary/aromatic N) is 4. The monoisotopic (exact) mass is 520 g/mol. The highest BCUT2D eigenvalue weighted by atomic mass is 19.1. The lowest BCUT2D eigenvalue weighted by Gasteiger charge is -2.24. The lowest BCUT2D eigenvalue weighted by atomic mass is 10.1. The predicted octanol–water partition coefficient (Wildman–Crippen LogP) is 4.84. The predicted molar refractivity (Wildman–Crippen MR) is 148 cm³/mol. The summed E-state index contributed by atoms with van der Waals surface area (Å²) in [6.45, 7) is 2.54. The molecule has 8 nitrogen and oxygen atoms in total. The van der Waals surface area contributed by atoms with E-state index in [1.54, 1.807) is 6.20 Å². The first-order valence-electron chi connectivity index (χ1n) is 13.5. The third-order valence-electron chi connectivity index (χ3n) is 6.86. The third-order valence-corrected chi connectivity index (χ3v) is 6.86. The van der Waals surface area contributed by atoms with Gasteiger partial charge in [-0.1, -0.05) is 36.4 Å². The quantitative estimate of drug-likeness (QED) is 0.245. The highest BCUT2D eigenvalue weighted by molar-refractivity contribution is 5.81. The van der Waals surface area contributed by atoms with Crippen molar-refractivity contribution >= 4 is 17.6 Å². The van der Waals surface area contributed by atoms with Gasteiger partial charge in [-0.05, 0) is 68.7 Å². The van der Waals surface area contributed by atoms with Crippen LogP contribution < -0.4 is 10.6 Å². The van der Waals surface area contributed by atoms with Gasteiger partial charge in [-0.2, -0.15) is 0 Å². The van der Waals surface area contributed by atoms with Gasteiger partial charge >= 0.3 is 5.97 Å². The summed E-state index contributed by atoms with van der Waals surface area (Å²) in [6, 6.07) is 13.1. The van der Waals surface area contributed by atoms with Crippen molar-refractivity contribution in [2.75, 3.05) is 43.5 Å². The zero-order valence-corrected chi connectivity index (χ0v) is 21.8. The van der Waals surface area contributed by atoms with E-state index in [0.29, 0.717) is 31.7 Å². The molecule has 1 aliphatic rings. The number of benzene rings is 1. The number of nitrogens with one attached hydrogen (secondary N) is 2. The molecule has 0 saturated carbocycles. The standard InChI is InChI=1S/C29H37FN6O2/c30-15-7-18-36(17-5-4-11-24-13-12-23-10-6-16-32-27(23)34-24)19-14-26(29(37)38)35-28-25(20-31-21-33-28)22-8-2-1-3-9-22/h1-3,8-9,12-13,20-21,26H,4-7,10-11,14-19H2,(H,32,34)(H,37,38)(H,31,33,35)/t26-/m0/s1. The number of aryl methyl sites for hydroxylation is 2. The Hall–Kier alpha value is -3.59. The van der Waals surface area contributed by atoms with Gasteiger partial charge in [0.2, 0.25) is 0 Å². The largest absolute Gasteiger partial charge is 0.480 e. The molecule has 0 radical (unpaired) electrons. The van der Waals surface area contributed by atoms with Crippen LogP contribution in [0.15, 0.2) is 55.0 Å². The van der Waals surface area contributed by atoms with Crippen molar-refractivity contribution in [3.05, 3.63) is 66.2 Å². The number of aromatic nitrogens is 3. The summed E-state index contributed by atoms with van der Waals surface area (Å²) in [6.07, 6.45) is 8.93. The zero-order chi connectivity index (χ0) is 26.6. The Balaban J connectivity index is 1.30. The van der Waals surface area contributed by atoms with Crippen molar-refractivity contribution < 1.29 is 14.3 Å². The number of hydrogen-bond donors (Lipinski definition) is 3. The molecule has 0 amide bonds. The maximum atomic E-state index is 13.0. The highest BCUT2D eigenvalue weighted by Gasteiger charge is 2.21. The molecule has 3 heterocycles. The van der Waals surface area contributed by atoms with Crippen molar-refractivity contribution in [3.63, 3.8) is 0 Å². The molecule has 2 aromatic heterocycles. The first-order valence-corrected chi connectivity index (χ1v) is 13.5. The molecule has 0 saturated heterocycles. The molecular formula is C29H37FN6O2. The van der Waals surface area contributed by atoms with Gasteiger partial charge in [0, 0.05) is 37.1 Å². The first-order chi connectivity index (χ1) is 18.6. The topological polar surface area (TPSA) is 103 Å². The number of hydrogen-bond acceptors (Lipinski definition) is 7. The van der Waals surface area contributed by atoms with Crippen molar-refractivity contribution in [2.24, 2.45) is 0 Å². The SMILES string of the molecule is O=C(O)[C@H](CCN(CCCF)CCCCc1ccc2c(n1)NCCC2)Nc1ncncc1-c1ccccc1. The maximum Gasteiger partial charge on any atom is 0.326 e. The van der Waals surface area contributed by atoms with E-state index in [1.165, 1.54) is 11.9 Å². The van der Waals surface area contributed by atoms with Gasteiger partial charge in [0.1, 0.15) is 24.0 Å². The van der Waals surface area contributed by atoms with Crippen LogP contribution >= 0.6 is 0 Å². The fourth-order valence-corrected chi connectivity index (χ4v) is 4.78. The number of rotatable bonds is 15. The summed E-state index contributed by atoms with van der Waals surface area (Å²) >= 11 is 0. The van der Waals surface area contributed by atoms with Crippen LogP contribution in [0.3, 0.4) is 0 Å². The fraction of sp³-hybridized carbons (Fsp3) is 0.448. The van der Waals surface area contributed by atoms with Crippen LogP contribution in [-0.2, 0) is 17.6 Å². The molecule has 0 fully saturated rings. The van der Waals surface area contributed by atoms with Crippen LogP contribution in [-0.4, -0.2) is 69.8 Å². The number of aliphatic carboxylic acids is 1. The maximum absolute atomic E-state index is 13.0. The van der Waals surface area contributed by atoms with E-state index in [2.05, 4.69) is 37.6 Å².